The van der Waals surface area contributed by atoms with Crippen LogP contribution in [0.2, 0.25) is 0 Å². The third kappa shape index (κ3) is 2.52. The number of aryl methyl sites for hydroxylation is 2. The van der Waals surface area contributed by atoms with Crippen molar-refractivity contribution in [2.45, 2.75) is 20.4 Å². The molecule has 6 heteroatoms. The molecule has 0 radical (unpaired) electrons. The van der Waals surface area contributed by atoms with Gasteiger partial charge in [0, 0.05) is 25.7 Å². The molecular formula is C14H13Br2N3S. The van der Waals surface area contributed by atoms with Gasteiger partial charge in [-0.05, 0) is 48.0 Å². The summed E-state index contributed by atoms with van der Waals surface area (Å²) in [6.45, 7) is 4.93. The molecule has 0 spiro atoms. The molecule has 2 aromatic heterocycles. The van der Waals surface area contributed by atoms with Gasteiger partial charge in [-0.2, -0.15) is 0 Å². The fraction of sp³-hybridized carbons (Fsp3) is 0.214. The van der Waals surface area contributed by atoms with Crippen molar-refractivity contribution in [2.75, 3.05) is 5.32 Å². The predicted octanol–water partition coefficient (Wildman–Crippen LogP) is 5.15. The maximum absolute atomic E-state index is 4.61. The predicted molar refractivity (Wildman–Crippen MR) is 91.7 cm³/mol. The van der Waals surface area contributed by atoms with E-state index in [-0.39, 0.29) is 0 Å². The lowest BCUT2D eigenvalue weighted by Gasteiger charge is -2.10. The van der Waals surface area contributed by atoms with E-state index in [2.05, 4.69) is 71.9 Å². The molecule has 0 aliphatic rings. The fourth-order valence-corrected chi connectivity index (χ4v) is 3.87. The van der Waals surface area contributed by atoms with Crippen LogP contribution in [0.25, 0.3) is 4.96 Å². The second-order valence-electron chi connectivity index (χ2n) is 4.62. The Morgan fingerprint density at radius 1 is 1.30 bits per heavy atom. The van der Waals surface area contributed by atoms with Crippen LogP contribution in [0.4, 0.5) is 5.69 Å². The molecule has 0 saturated carbocycles. The molecule has 104 valence electrons. The lowest BCUT2D eigenvalue weighted by Crippen LogP contribution is -2.05. The number of halogens is 2. The molecule has 0 amide bonds. The molecule has 2 heterocycles. The van der Waals surface area contributed by atoms with Crippen LogP contribution in [0.5, 0.6) is 0 Å². The molecule has 0 saturated heterocycles. The molecule has 3 rings (SSSR count). The highest BCUT2D eigenvalue weighted by Gasteiger charge is 2.12. The Kier molecular flexibility index (Phi) is 3.88. The van der Waals surface area contributed by atoms with Crippen LogP contribution in [-0.4, -0.2) is 9.38 Å². The monoisotopic (exact) mass is 413 g/mol. The lowest BCUT2D eigenvalue weighted by molar-refractivity contribution is 0.965. The number of anilines is 1. The minimum absolute atomic E-state index is 0.750. The standard InChI is InChI=1S/C14H13Br2N3S/c1-8-7-20-14-18-9(2)13(19(8)14)6-17-12-5-10(15)3-4-11(12)16/h3-5,7,17H,6H2,1-2H3. The Bertz CT molecular complexity index is 776. The van der Waals surface area contributed by atoms with E-state index in [0.29, 0.717) is 0 Å². The van der Waals surface area contributed by atoms with E-state index < -0.39 is 0 Å². The van der Waals surface area contributed by atoms with Crippen molar-refractivity contribution in [1.82, 2.24) is 9.38 Å². The first-order chi connectivity index (χ1) is 9.56. The third-order valence-electron chi connectivity index (χ3n) is 3.20. The van der Waals surface area contributed by atoms with Crippen LogP contribution < -0.4 is 5.32 Å². The van der Waals surface area contributed by atoms with Gasteiger partial charge in [-0.3, -0.25) is 4.40 Å². The molecule has 3 nitrogen and oxygen atoms in total. The van der Waals surface area contributed by atoms with E-state index in [0.717, 1.165) is 31.8 Å². The van der Waals surface area contributed by atoms with Crippen LogP contribution in [0.1, 0.15) is 17.1 Å². The molecule has 20 heavy (non-hydrogen) atoms. The molecule has 0 aliphatic carbocycles. The summed E-state index contributed by atoms with van der Waals surface area (Å²) in [5.74, 6) is 0. The molecule has 1 N–H and O–H groups in total. The lowest BCUT2D eigenvalue weighted by atomic mass is 10.3. The van der Waals surface area contributed by atoms with Crippen LogP contribution in [0.3, 0.4) is 0 Å². The summed E-state index contributed by atoms with van der Waals surface area (Å²) >= 11 is 8.75. The summed E-state index contributed by atoms with van der Waals surface area (Å²) in [5, 5.41) is 5.61. The maximum Gasteiger partial charge on any atom is 0.194 e. The van der Waals surface area contributed by atoms with Gasteiger partial charge in [0.05, 0.1) is 17.9 Å². The molecule has 0 atom stereocenters. The van der Waals surface area contributed by atoms with Crippen molar-refractivity contribution in [3.05, 3.63) is 49.6 Å². The SMILES string of the molecule is Cc1nc2scc(C)n2c1CNc1cc(Br)ccc1Br. The highest BCUT2D eigenvalue weighted by Crippen LogP contribution is 2.27. The van der Waals surface area contributed by atoms with E-state index in [1.165, 1.54) is 11.4 Å². The van der Waals surface area contributed by atoms with E-state index >= 15 is 0 Å². The Labute approximate surface area is 138 Å². The molecule has 0 unspecified atom stereocenters. The second kappa shape index (κ2) is 5.50. The molecular weight excluding hydrogens is 402 g/mol. The van der Waals surface area contributed by atoms with Gasteiger partial charge in [-0.25, -0.2) is 4.98 Å². The van der Waals surface area contributed by atoms with Gasteiger partial charge in [0.15, 0.2) is 4.96 Å². The van der Waals surface area contributed by atoms with E-state index in [9.17, 15) is 0 Å². The molecule has 1 aromatic carbocycles. The van der Waals surface area contributed by atoms with Crippen molar-refractivity contribution >= 4 is 53.8 Å². The number of nitrogens with zero attached hydrogens (tertiary/aromatic N) is 2. The Morgan fingerprint density at radius 2 is 2.10 bits per heavy atom. The minimum Gasteiger partial charge on any atom is -0.378 e. The summed E-state index contributed by atoms with van der Waals surface area (Å²) in [6.07, 6.45) is 0. The summed E-state index contributed by atoms with van der Waals surface area (Å²) in [5.41, 5.74) is 4.60. The fourth-order valence-electron chi connectivity index (χ4n) is 2.19. The summed E-state index contributed by atoms with van der Waals surface area (Å²) in [6, 6.07) is 6.11. The quantitative estimate of drug-likeness (QED) is 0.642. The summed E-state index contributed by atoms with van der Waals surface area (Å²) < 4.78 is 4.34. The highest BCUT2D eigenvalue weighted by molar-refractivity contribution is 9.11. The number of nitrogens with one attached hydrogen (secondary N) is 1. The first-order valence-corrected chi connectivity index (χ1v) is 8.64. The number of hydrogen-bond acceptors (Lipinski definition) is 3. The number of imidazole rings is 1. The molecule has 0 aliphatic heterocycles. The van der Waals surface area contributed by atoms with Gasteiger partial charge in [-0.1, -0.05) is 15.9 Å². The van der Waals surface area contributed by atoms with Gasteiger partial charge in [0.1, 0.15) is 0 Å². The van der Waals surface area contributed by atoms with Gasteiger partial charge in [0.25, 0.3) is 0 Å². The summed E-state index contributed by atoms with van der Waals surface area (Å²) in [4.78, 5) is 5.67. The van der Waals surface area contributed by atoms with E-state index in [1.54, 1.807) is 11.3 Å². The normalized spacial score (nSPS) is 11.2. The van der Waals surface area contributed by atoms with Crippen LogP contribution in [0.15, 0.2) is 32.5 Å². The number of fused-ring (bicyclic) bond motifs is 1. The second-order valence-corrected chi connectivity index (χ2v) is 7.22. The zero-order chi connectivity index (χ0) is 14.3. The number of rotatable bonds is 3. The van der Waals surface area contributed by atoms with Gasteiger partial charge in [-0.15, -0.1) is 11.3 Å². The molecule has 3 aromatic rings. The number of benzene rings is 1. The Hall–Kier alpha value is -0.850. The van der Waals surface area contributed by atoms with Crippen LogP contribution in [-0.2, 0) is 6.54 Å². The van der Waals surface area contributed by atoms with Crippen LogP contribution in [0, 0.1) is 13.8 Å². The Balaban J connectivity index is 1.92. The van der Waals surface area contributed by atoms with Crippen molar-refractivity contribution in [3.63, 3.8) is 0 Å². The zero-order valence-corrected chi connectivity index (χ0v) is 15.1. The van der Waals surface area contributed by atoms with Crippen LogP contribution >= 0.6 is 43.2 Å². The van der Waals surface area contributed by atoms with Crippen molar-refractivity contribution in [3.8, 4) is 0 Å². The molecule has 0 bridgehead atoms. The Morgan fingerprint density at radius 3 is 2.90 bits per heavy atom. The number of thiazole rings is 1. The average Bonchev–Trinajstić information content (AvgIpc) is 2.91. The zero-order valence-electron chi connectivity index (χ0n) is 11.1. The number of aromatic nitrogens is 2. The number of hydrogen-bond donors (Lipinski definition) is 1. The first-order valence-electron chi connectivity index (χ1n) is 6.17. The summed E-state index contributed by atoms with van der Waals surface area (Å²) in [7, 11) is 0. The van der Waals surface area contributed by atoms with E-state index in [4.69, 9.17) is 0 Å². The minimum atomic E-state index is 0.750. The largest absolute Gasteiger partial charge is 0.378 e. The first kappa shape index (κ1) is 14.1. The van der Waals surface area contributed by atoms with Gasteiger partial charge < -0.3 is 5.32 Å². The highest BCUT2D eigenvalue weighted by atomic mass is 79.9. The van der Waals surface area contributed by atoms with Crippen molar-refractivity contribution in [2.24, 2.45) is 0 Å². The molecule has 0 fully saturated rings. The van der Waals surface area contributed by atoms with Crippen molar-refractivity contribution in [1.29, 1.82) is 0 Å². The maximum atomic E-state index is 4.61. The van der Waals surface area contributed by atoms with Gasteiger partial charge in [0.2, 0.25) is 0 Å². The third-order valence-corrected chi connectivity index (χ3v) is 5.33. The van der Waals surface area contributed by atoms with E-state index in [1.807, 2.05) is 12.1 Å². The topological polar surface area (TPSA) is 29.3 Å². The smallest absolute Gasteiger partial charge is 0.194 e. The average molecular weight is 415 g/mol. The van der Waals surface area contributed by atoms with Gasteiger partial charge >= 0.3 is 0 Å². The van der Waals surface area contributed by atoms with Crippen molar-refractivity contribution < 1.29 is 0 Å².